The third kappa shape index (κ3) is 2.80. The van der Waals surface area contributed by atoms with Crippen molar-refractivity contribution in [2.45, 2.75) is 51.0 Å². The van der Waals surface area contributed by atoms with E-state index in [2.05, 4.69) is 37.8 Å². The summed E-state index contributed by atoms with van der Waals surface area (Å²) in [4.78, 5) is 2.51. The molecule has 4 heteroatoms. The number of nitrogens with zero attached hydrogens (tertiary/aromatic N) is 1. The Morgan fingerprint density at radius 1 is 1.38 bits per heavy atom. The second kappa shape index (κ2) is 5.27. The molecule has 1 fully saturated rings. The van der Waals surface area contributed by atoms with E-state index in [0.717, 1.165) is 25.3 Å². The summed E-state index contributed by atoms with van der Waals surface area (Å²) in [5.74, 6) is 0.889. The molecule has 3 atom stereocenters. The summed E-state index contributed by atoms with van der Waals surface area (Å²) in [6.45, 7) is 8.34. The molecule has 3 unspecified atom stereocenters. The summed E-state index contributed by atoms with van der Waals surface area (Å²) in [6.07, 6.45) is 1.27. The quantitative estimate of drug-likeness (QED) is 0.906. The molecule has 1 heterocycles. The number of methoxy groups -OCH3 is 1. The van der Waals surface area contributed by atoms with Gasteiger partial charge in [0.1, 0.15) is 5.75 Å². The van der Waals surface area contributed by atoms with Crippen LogP contribution in [0, 0.1) is 0 Å². The van der Waals surface area contributed by atoms with Crippen molar-refractivity contribution in [1.82, 2.24) is 4.90 Å². The van der Waals surface area contributed by atoms with Crippen molar-refractivity contribution in [1.29, 1.82) is 0 Å². The summed E-state index contributed by atoms with van der Waals surface area (Å²) >= 11 is 0. The predicted molar refractivity (Wildman–Crippen MR) is 83.6 cm³/mol. The minimum absolute atomic E-state index is 0.0520. The first-order valence-electron chi connectivity index (χ1n) is 7.74. The van der Waals surface area contributed by atoms with E-state index < -0.39 is 0 Å². The van der Waals surface area contributed by atoms with Crippen molar-refractivity contribution < 1.29 is 9.47 Å². The first kappa shape index (κ1) is 14.8. The molecule has 3 rings (SSSR count). The van der Waals surface area contributed by atoms with Crippen LogP contribution in [0.4, 0.5) is 0 Å². The molecule has 0 aromatic heterocycles. The van der Waals surface area contributed by atoms with Gasteiger partial charge in [-0.2, -0.15) is 0 Å². The number of nitrogens with two attached hydrogens (primary N) is 1. The predicted octanol–water partition coefficient (Wildman–Crippen LogP) is 2.12. The molecule has 0 saturated carbocycles. The minimum atomic E-state index is -0.107. The Morgan fingerprint density at radius 3 is 2.81 bits per heavy atom. The zero-order chi connectivity index (χ0) is 15.2. The van der Waals surface area contributed by atoms with Crippen molar-refractivity contribution >= 4 is 0 Å². The van der Waals surface area contributed by atoms with E-state index in [-0.39, 0.29) is 17.7 Å². The average molecular weight is 290 g/mol. The van der Waals surface area contributed by atoms with Crippen LogP contribution < -0.4 is 10.5 Å². The normalized spacial score (nSPS) is 32.0. The van der Waals surface area contributed by atoms with Crippen LogP contribution in [0.1, 0.15) is 37.9 Å². The van der Waals surface area contributed by atoms with Gasteiger partial charge in [0, 0.05) is 25.2 Å². The van der Waals surface area contributed by atoms with Crippen LogP contribution >= 0.6 is 0 Å². The van der Waals surface area contributed by atoms with Crippen molar-refractivity contribution in [2.24, 2.45) is 5.73 Å². The highest BCUT2D eigenvalue weighted by Crippen LogP contribution is 2.37. The number of rotatable bonds is 2. The number of fused-ring (bicyclic) bond motifs is 1. The second-order valence-corrected chi connectivity index (χ2v) is 6.98. The zero-order valence-corrected chi connectivity index (χ0v) is 13.4. The van der Waals surface area contributed by atoms with E-state index in [0.29, 0.717) is 6.04 Å². The first-order chi connectivity index (χ1) is 9.89. The second-order valence-electron chi connectivity index (χ2n) is 6.98. The van der Waals surface area contributed by atoms with Gasteiger partial charge in [-0.25, -0.2) is 0 Å². The molecule has 1 aromatic carbocycles. The lowest BCUT2D eigenvalue weighted by atomic mass is 10.0. The smallest absolute Gasteiger partial charge is 0.119 e. The van der Waals surface area contributed by atoms with Crippen LogP contribution in [-0.2, 0) is 11.2 Å². The Kier molecular flexibility index (Phi) is 3.72. The highest BCUT2D eigenvalue weighted by Gasteiger charge is 2.40. The van der Waals surface area contributed by atoms with Gasteiger partial charge >= 0.3 is 0 Å². The van der Waals surface area contributed by atoms with E-state index in [1.807, 2.05) is 6.07 Å². The fraction of sp³-hybridized carbons (Fsp3) is 0.647. The Labute approximate surface area is 127 Å². The van der Waals surface area contributed by atoms with Crippen molar-refractivity contribution in [2.75, 3.05) is 20.2 Å². The van der Waals surface area contributed by atoms with Crippen LogP contribution in [0.15, 0.2) is 18.2 Å². The highest BCUT2D eigenvalue weighted by atomic mass is 16.5. The Bertz CT molecular complexity index is 530. The molecule has 116 valence electrons. The molecule has 1 aliphatic heterocycles. The molecule has 0 spiro atoms. The molecule has 21 heavy (non-hydrogen) atoms. The summed E-state index contributed by atoms with van der Waals surface area (Å²) in [7, 11) is 1.70. The van der Waals surface area contributed by atoms with E-state index >= 15 is 0 Å². The maximum atomic E-state index is 6.54. The minimum Gasteiger partial charge on any atom is -0.497 e. The fourth-order valence-corrected chi connectivity index (χ4v) is 3.87. The lowest BCUT2D eigenvalue weighted by Crippen LogP contribution is -2.56. The SMILES string of the molecule is COc1ccc2c(c1)C(N)C(N1CC(C)OC(C)(C)C1)C2. The molecular weight excluding hydrogens is 264 g/mol. The van der Waals surface area contributed by atoms with Gasteiger partial charge in [-0.05, 0) is 50.5 Å². The first-order valence-corrected chi connectivity index (χ1v) is 7.74. The Balaban J connectivity index is 1.82. The average Bonchev–Trinajstić information content (AvgIpc) is 2.73. The van der Waals surface area contributed by atoms with Gasteiger partial charge in [0.25, 0.3) is 0 Å². The van der Waals surface area contributed by atoms with E-state index in [1.165, 1.54) is 11.1 Å². The summed E-state index contributed by atoms with van der Waals surface area (Å²) in [5.41, 5.74) is 9.02. The molecule has 1 saturated heterocycles. The lowest BCUT2D eigenvalue weighted by Gasteiger charge is -2.45. The summed E-state index contributed by atoms with van der Waals surface area (Å²) in [6, 6.07) is 6.69. The van der Waals surface area contributed by atoms with E-state index in [1.54, 1.807) is 7.11 Å². The third-order valence-corrected chi connectivity index (χ3v) is 4.62. The number of ether oxygens (including phenoxy) is 2. The van der Waals surface area contributed by atoms with Crippen LogP contribution in [0.25, 0.3) is 0 Å². The van der Waals surface area contributed by atoms with Crippen molar-refractivity contribution in [3.05, 3.63) is 29.3 Å². The van der Waals surface area contributed by atoms with Gasteiger partial charge in [-0.15, -0.1) is 0 Å². The van der Waals surface area contributed by atoms with Crippen molar-refractivity contribution in [3.63, 3.8) is 0 Å². The molecule has 0 amide bonds. The standard InChI is InChI=1S/C17H26N2O2/c1-11-9-19(10-17(2,3)21-11)15-7-12-5-6-13(20-4)8-14(12)16(15)18/h5-6,8,11,15-16H,7,9-10,18H2,1-4H3. The van der Waals surface area contributed by atoms with Gasteiger partial charge in [-0.1, -0.05) is 6.07 Å². The van der Waals surface area contributed by atoms with E-state index in [4.69, 9.17) is 15.2 Å². The topological polar surface area (TPSA) is 47.7 Å². The lowest BCUT2D eigenvalue weighted by molar-refractivity contribution is -0.138. The molecule has 1 aliphatic carbocycles. The molecule has 1 aromatic rings. The fourth-order valence-electron chi connectivity index (χ4n) is 3.87. The number of morpholine rings is 1. The molecule has 2 aliphatic rings. The maximum Gasteiger partial charge on any atom is 0.119 e. The molecular formula is C17H26N2O2. The molecule has 0 bridgehead atoms. The Hall–Kier alpha value is -1.10. The number of benzene rings is 1. The highest BCUT2D eigenvalue weighted by molar-refractivity contribution is 5.42. The largest absolute Gasteiger partial charge is 0.497 e. The van der Waals surface area contributed by atoms with E-state index in [9.17, 15) is 0 Å². The monoisotopic (exact) mass is 290 g/mol. The van der Waals surface area contributed by atoms with Gasteiger partial charge in [-0.3, -0.25) is 4.90 Å². The molecule has 2 N–H and O–H groups in total. The van der Waals surface area contributed by atoms with Gasteiger partial charge in [0.15, 0.2) is 0 Å². The van der Waals surface area contributed by atoms with Crippen LogP contribution in [0.2, 0.25) is 0 Å². The zero-order valence-electron chi connectivity index (χ0n) is 13.4. The van der Waals surface area contributed by atoms with Gasteiger partial charge in [0.2, 0.25) is 0 Å². The van der Waals surface area contributed by atoms with Crippen LogP contribution in [-0.4, -0.2) is 42.8 Å². The third-order valence-electron chi connectivity index (χ3n) is 4.62. The number of hydrogen-bond donors (Lipinski definition) is 1. The molecule has 0 radical (unpaired) electrons. The summed E-state index contributed by atoms with van der Waals surface area (Å²) in [5, 5.41) is 0. The van der Waals surface area contributed by atoms with Gasteiger partial charge in [0.05, 0.1) is 18.8 Å². The van der Waals surface area contributed by atoms with Crippen LogP contribution in [0.3, 0.4) is 0 Å². The van der Waals surface area contributed by atoms with Crippen LogP contribution in [0.5, 0.6) is 5.75 Å². The maximum absolute atomic E-state index is 6.54. The summed E-state index contributed by atoms with van der Waals surface area (Å²) < 4.78 is 11.3. The van der Waals surface area contributed by atoms with Crippen molar-refractivity contribution in [3.8, 4) is 5.75 Å². The molecule has 4 nitrogen and oxygen atoms in total. The Morgan fingerprint density at radius 2 is 2.14 bits per heavy atom. The number of hydrogen-bond acceptors (Lipinski definition) is 4. The van der Waals surface area contributed by atoms with Gasteiger partial charge < -0.3 is 15.2 Å².